The summed E-state index contributed by atoms with van der Waals surface area (Å²) in [7, 11) is 0. The molecular weight excluding hydrogens is 610 g/mol. The Balaban J connectivity index is 1.28. The highest BCUT2D eigenvalue weighted by Crippen LogP contribution is 2.33. The highest BCUT2D eigenvalue weighted by Gasteiger charge is 2.22. The Morgan fingerprint density at radius 3 is 2.33 bits per heavy atom. The van der Waals surface area contributed by atoms with Gasteiger partial charge in [-0.1, -0.05) is 62.7 Å². The van der Waals surface area contributed by atoms with Gasteiger partial charge in [-0.3, -0.25) is 15.4 Å². The quantitative estimate of drug-likeness (QED) is 0.120. The van der Waals surface area contributed by atoms with Crippen LogP contribution in [-0.2, 0) is 21.6 Å². The van der Waals surface area contributed by atoms with Gasteiger partial charge in [-0.2, -0.15) is 5.10 Å². The highest BCUT2D eigenvalue weighted by molar-refractivity contribution is 6.07. The first-order valence-electron chi connectivity index (χ1n) is 15.6. The van der Waals surface area contributed by atoms with Gasteiger partial charge in [-0.15, -0.1) is 0 Å². The maximum atomic E-state index is 13.4. The molecule has 0 saturated heterocycles. The van der Waals surface area contributed by atoms with Gasteiger partial charge in [0, 0.05) is 28.5 Å². The average Bonchev–Trinajstić information content (AvgIpc) is 3.48. The van der Waals surface area contributed by atoms with Crippen LogP contribution in [0.5, 0.6) is 5.75 Å². The second kappa shape index (κ2) is 14.7. The molecule has 0 aliphatic rings. The normalized spacial score (nSPS) is 11.1. The van der Waals surface area contributed by atoms with Crippen LogP contribution in [0.3, 0.4) is 0 Å². The third-order valence-corrected chi connectivity index (χ3v) is 7.29. The van der Waals surface area contributed by atoms with E-state index in [9.17, 15) is 14.4 Å². The zero-order chi connectivity index (χ0) is 34.3. The lowest BCUT2D eigenvalue weighted by molar-refractivity contribution is -0.141. The molecule has 0 saturated carbocycles. The summed E-state index contributed by atoms with van der Waals surface area (Å²) in [5, 5.41) is 17.4. The molecule has 3 aromatic carbocycles. The molecule has 2 aromatic heterocycles. The zero-order valence-corrected chi connectivity index (χ0v) is 27.6. The van der Waals surface area contributed by atoms with E-state index in [0.29, 0.717) is 23.1 Å². The maximum Gasteiger partial charge on any atom is 0.325 e. The third kappa shape index (κ3) is 8.46. The summed E-state index contributed by atoms with van der Waals surface area (Å²) in [5.74, 6) is 0.930. The molecule has 48 heavy (non-hydrogen) atoms. The number of fused-ring (bicyclic) bond motifs is 1. The number of carbonyl (C=O) groups excluding carboxylic acids is 3. The van der Waals surface area contributed by atoms with Gasteiger partial charge in [0.15, 0.2) is 0 Å². The number of aromatic nitrogens is 3. The van der Waals surface area contributed by atoms with Crippen molar-refractivity contribution in [1.29, 1.82) is 0 Å². The van der Waals surface area contributed by atoms with E-state index < -0.39 is 18.0 Å². The number of nitrogens with zero attached hydrogens (tertiary/aromatic N) is 3. The number of pyridine rings is 1. The van der Waals surface area contributed by atoms with Gasteiger partial charge in [0.2, 0.25) is 0 Å². The molecule has 0 unspecified atom stereocenters. The van der Waals surface area contributed by atoms with Gasteiger partial charge >= 0.3 is 18.0 Å². The maximum absolute atomic E-state index is 13.4. The molecule has 5 rings (SSSR count). The van der Waals surface area contributed by atoms with E-state index in [0.717, 1.165) is 33.3 Å². The number of hydrogen-bond acceptors (Lipinski definition) is 7. The number of aryl methyl sites for hydroxylation is 1. The molecule has 0 aliphatic carbocycles. The van der Waals surface area contributed by atoms with Crippen LogP contribution in [0.2, 0.25) is 0 Å². The second-order valence-corrected chi connectivity index (χ2v) is 12.1. The summed E-state index contributed by atoms with van der Waals surface area (Å²) in [6.07, 6.45) is 1.55. The molecule has 12 nitrogen and oxygen atoms in total. The van der Waals surface area contributed by atoms with Gasteiger partial charge in [-0.05, 0) is 55.8 Å². The summed E-state index contributed by atoms with van der Waals surface area (Å²) in [6, 6.07) is 23.5. The molecule has 4 amide bonds. The van der Waals surface area contributed by atoms with E-state index >= 15 is 0 Å². The largest absolute Gasteiger partial charge is 0.488 e. The number of urea groups is 2. The Labute approximate surface area is 278 Å². The SMILES string of the molecule is CCOC(=O)CNC(=O)Nc1cc(COc2ccc(NC(=O)Nc3cc(C(C)(C)C)nn3-c3ccc(C)cc3)c3ccccc23)ccn1. The van der Waals surface area contributed by atoms with Crippen LogP contribution in [0, 0.1) is 6.92 Å². The summed E-state index contributed by atoms with van der Waals surface area (Å²) in [4.78, 5) is 41.2. The van der Waals surface area contributed by atoms with Crippen molar-refractivity contribution in [2.75, 3.05) is 29.1 Å². The Morgan fingerprint density at radius 2 is 1.60 bits per heavy atom. The monoisotopic (exact) mass is 649 g/mol. The van der Waals surface area contributed by atoms with Crippen LogP contribution in [0.4, 0.5) is 26.9 Å². The molecule has 0 atom stereocenters. The Morgan fingerprint density at radius 1 is 0.854 bits per heavy atom. The van der Waals surface area contributed by atoms with Gasteiger partial charge < -0.3 is 20.1 Å². The molecule has 12 heteroatoms. The van der Waals surface area contributed by atoms with E-state index in [-0.39, 0.29) is 25.2 Å². The first kappa shape index (κ1) is 33.5. The zero-order valence-electron chi connectivity index (χ0n) is 27.6. The van der Waals surface area contributed by atoms with Crippen LogP contribution in [0.1, 0.15) is 44.5 Å². The molecule has 0 radical (unpaired) electrons. The number of anilines is 3. The molecule has 2 heterocycles. The van der Waals surface area contributed by atoms with Crippen molar-refractivity contribution < 1.29 is 23.9 Å². The standard InChI is InChI=1S/C36H39N7O5/c1-6-47-33(44)21-38-34(45)40-31-19-24(17-18-37-31)22-48-29-16-15-28(26-9-7-8-10-27(26)29)39-35(46)41-32-20-30(36(3,4)5)42-43(32)25-13-11-23(2)12-14-25/h7-20H,6,21-22H2,1-5H3,(H2,39,41,46)(H2,37,38,40,45). The number of carbonyl (C=O) groups is 3. The van der Waals surface area contributed by atoms with Crippen LogP contribution in [0.25, 0.3) is 16.5 Å². The second-order valence-electron chi connectivity index (χ2n) is 12.1. The number of hydrogen-bond donors (Lipinski definition) is 4. The van der Waals surface area contributed by atoms with E-state index in [1.54, 1.807) is 42.1 Å². The lowest BCUT2D eigenvalue weighted by atomic mass is 9.92. The lowest BCUT2D eigenvalue weighted by Crippen LogP contribution is -2.34. The topological polar surface area (TPSA) is 148 Å². The molecule has 5 aromatic rings. The number of benzene rings is 3. The van der Waals surface area contributed by atoms with Crippen molar-refractivity contribution in [3.63, 3.8) is 0 Å². The van der Waals surface area contributed by atoms with E-state index in [1.807, 2.05) is 61.5 Å². The molecule has 0 bridgehead atoms. The van der Waals surface area contributed by atoms with Gasteiger partial charge in [0.05, 0.1) is 23.7 Å². The molecule has 4 N–H and O–H groups in total. The molecule has 0 aliphatic heterocycles. The van der Waals surface area contributed by atoms with Crippen molar-refractivity contribution in [3.05, 3.63) is 102 Å². The van der Waals surface area contributed by atoms with Crippen molar-refractivity contribution >= 4 is 46.1 Å². The Hall–Kier alpha value is -5.91. The molecule has 0 fully saturated rings. The molecular formula is C36H39N7O5. The van der Waals surface area contributed by atoms with Crippen molar-refractivity contribution in [2.45, 2.75) is 46.6 Å². The Bertz CT molecular complexity index is 1930. The number of rotatable bonds is 10. The van der Waals surface area contributed by atoms with Gasteiger partial charge in [0.1, 0.15) is 30.5 Å². The summed E-state index contributed by atoms with van der Waals surface area (Å²) < 4.78 is 12.7. The summed E-state index contributed by atoms with van der Waals surface area (Å²) in [5.41, 5.74) is 3.97. The number of esters is 1. The lowest BCUT2D eigenvalue weighted by Gasteiger charge is -2.15. The minimum absolute atomic E-state index is 0.192. The number of amides is 4. The van der Waals surface area contributed by atoms with Crippen LogP contribution < -0.4 is 26.0 Å². The van der Waals surface area contributed by atoms with E-state index in [2.05, 4.69) is 47.0 Å². The van der Waals surface area contributed by atoms with Crippen molar-refractivity contribution in [3.8, 4) is 11.4 Å². The summed E-state index contributed by atoms with van der Waals surface area (Å²) >= 11 is 0. The van der Waals surface area contributed by atoms with Crippen molar-refractivity contribution in [1.82, 2.24) is 20.1 Å². The van der Waals surface area contributed by atoms with Crippen LogP contribution in [-0.4, -0.2) is 45.9 Å². The first-order chi connectivity index (χ1) is 23.0. The third-order valence-electron chi connectivity index (χ3n) is 7.29. The number of ether oxygens (including phenoxy) is 2. The molecule has 248 valence electrons. The first-order valence-corrected chi connectivity index (χ1v) is 15.6. The van der Waals surface area contributed by atoms with Crippen LogP contribution >= 0.6 is 0 Å². The molecule has 0 spiro atoms. The van der Waals surface area contributed by atoms with E-state index in [4.69, 9.17) is 14.6 Å². The highest BCUT2D eigenvalue weighted by atomic mass is 16.5. The average molecular weight is 650 g/mol. The predicted octanol–water partition coefficient (Wildman–Crippen LogP) is 6.93. The Kier molecular flexibility index (Phi) is 10.2. The fourth-order valence-corrected chi connectivity index (χ4v) is 4.81. The van der Waals surface area contributed by atoms with Crippen LogP contribution in [0.15, 0.2) is 85.1 Å². The number of nitrogens with one attached hydrogen (secondary N) is 4. The minimum Gasteiger partial charge on any atom is -0.488 e. The summed E-state index contributed by atoms with van der Waals surface area (Å²) in [6.45, 7) is 10.1. The predicted molar refractivity (Wildman–Crippen MR) is 186 cm³/mol. The minimum atomic E-state index is -0.582. The van der Waals surface area contributed by atoms with Gasteiger partial charge in [0.25, 0.3) is 0 Å². The fraction of sp³-hybridized carbons (Fsp3) is 0.250. The van der Waals surface area contributed by atoms with E-state index in [1.165, 1.54) is 0 Å². The van der Waals surface area contributed by atoms with Gasteiger partial charge in [-0.25, -0.2) is 19.3 Å². The smallest absolute Gasteiger partial charge is 0.325 e. The van der Waals surface area contributed by atoms with Crippen molar-refractivity contribution in [2.24, 2.45) is 0 Å². The fourth-order valence-electron chi connectivity index (χ4n) is 4.81.